The highest BCUT2D eigenvalue weighted by Crippen LogP contribution is 2.35. The Bertz CT molecular complexity index is 831. The molecule has 0 aromatic carbocycles. The molecule has 0 atom stereocenters. The van der Waals surface area contributed by atoms with E-state index in [2.05, 4.69) is 20.2 Å². The average Bonchev–Trinajstić information content (AvgIpc) is 2.82. The van der Waals surface area contributed by atoms with Gasteiger partial charge in [-0.1, -0.05) is 6.42 Å². The first-order valence-corrected chi connectivity index (χ1v) is 8.97. The van der Waals surface area contributed by atoms with Gasteiger partial charge in [-0.05, 0) is 18.9 Å². The van der Waals surface area contributed by atoms with Gasteiger partial charge in [0, 0.05) is 12.1 Å². The minimum Gasteiger partial charge on any atom is -0.424 e. The summed E-state index contributed by atoms with van der Waals surface area (Å²) in [5.41, 5.74) is -1.19. The van der Waals surface area contributed by atoms with Gasteiger partial charge in [-0.2, -0.15) is 13.2 Å². The predicted octanol–water partition coefficient (Wildman–Crippen LogP) is 2.26. The summed E-state index contributed by atoms with van der Waals surface area (Å²) < 4.78 is 67.3. The van der Waals surface area contributed by atoms with E-state index in [9.17, 15) is 21.6 Å². The zero-order valence-corrected chi connectivity index (χ0v) is 13.1. The predicted molar refractivity (Wildman–Crippen MR) is 74.3 cm³/mol. The van der Waals surface area contributed by atoms with Gasteiger partial charge < -0.3 is 4.42 Å². The van der Waals surface area contributed by atoms with Gasteiger partial charge in [0.2, 0.25) is 11.8 Å². The maximum absolute atomic E-state index is 12.6. The molecular formula is C13H13F3N4O3S. The Labute approximate surface area is 135 Å². The molecule has 0 N–H and O–H groups in total. The summed E-state index contributed by atoms with van der Waals surface area (Å²) in [6.45, 7) is 0. The van der Waals surface area contributed by atoms with Gasteiger partial charge >= 0.3 is 6.18 Å². The van der Waals surface area contributed by atoms with Gasteiger partial charge in [-0.15, -0.1) is 10.2 Å². The lowest BCUT2D eigenvalue weighted by Crippen LogP contribution is -2.14. The third kappa shape index (κ3) is 3.89. The standard InChI is InChI=1S/C13H13F3N4O3S/c14-13(15,16)9-4-5-17-10(18-9)6-24(21,22)7-11-19-20-12(23-11)8-2-1-3-8/h4-5,8H,1-3,6-7H2. The topological polar surface area (TPSA) is 98.8 Å². The minimum absolute atomic E-state index is 0.0797. The highest BCUT2D eigenvalue weighted by molar-refractivity contribution is 7.89. The monoisotopic (exact) mass is 362 g/mol. The van der Waals surface area contributed by atoms with Crippen molar-refractivity contribution in [2.45, 2.75) is 42.9 Å². The molecule has 1 aliphatic carbocycles. The van der Waals surface area contributed by atoms with Crippen molar-refractivity contribution in [3.05, 3.63) is 35.6 Å². The Hall–Kier alpha value is -2.04. The molecule has 2 aromatic heterocycles. The summed E-state index contributed by atoms with van der Waals surface area (Å²) >= 11 is 0. The molecule has 24 heavy (non-hydrogen) atoms. The maximum Gasteiger partial charge on any atom is 0.433 e. The fraction of sp³-hybridized carbons (Fsp3) is 0.538. The molecule has 2 aromatic rings. The van der Waals surface area contributed by atoms with Crippen LogP contribution in [0.15, 0.2) is 16.7 Å². The second-order valence-electron chi connectivity index (χ2n) is 5.55. The van der Waals surface area contributed by atoms with Crippen LogP contribution in [0.4, 0.5) is 13.2 Å². The van der Waals surface area contributed by atoms with E-state index in [1.165, 1.54) is 0 Å². The minimum atomic E-state index is -4.66. The van der Waals surface area contributed by atoms with E-state index in [1.54, 1.807) is 0 Å². The lowest BCUT2D eigenvalue weighted by Gasteiger charge is -2.20. The highest BCUT2D eigenvalue weighted by atomic mass is 32.2. The van der Waals surface area contributed by atoms with Crippen molar-refractivity contribution in [2.24, 2.45) is 0 Å². The van der Waals surface area contributed by atoms with E-state index in [1.807, 2.05) is 0 Å². The fourth-order valence-electron chi connectivity index (χ4n) is 2.21. The molecular weight excluding hydrogens is 349 g/mol. The van der Waals surface area contributed by atoms with E-state index in [-0.39, 0.29) is 11.8 Å². The van der Waals surface area contributed by atoms with E-state index >= 15 is 0 Å². The number of rotatable bonds is 5. The normalized spacial score (nSPS) is 16.1. The average molecular weight is 362 g/mol. The van der Waals surface area contributed by atoms with Crippen LogP contribution in [0.2, 0.25) is 0 Å². The summed E-state index contributed by atoms with van der Waals surface area (Å²) in [5.74, 6) is -1.24. The molecule has 11 heteroatoms. The number of alkyl halides is 3. The number of hydrogen-bond donors (Lipinski definition) is 0. The molecule has 0 aliphatic heterocycles. The third-order valence-corrected chi connectivity index (χ3v) is 5.01. The lowest BCUT2D eigenvalue weighted by atomic mass is 9.85. The number of hydrogen-bond acceptors (Lipinski definition) is 7. The first-order chi connectivity index (χ1) is 11.2. The Kier molecular flexibility index (Phi) is 4.28. The van der Waals surface area contributed by atoms with E-state index < -0.39 is 39.0 Å². The molecule has 0 spiro atoms. The fourth-order valence-corrected chi connectivity index (χ4v) is 3.33. The summed E-state index contributed by atoms with van der Waals surface area (Å²) in [6, 6.07) is 0.680. The third-order valence-electron chi connectivity index (χ3n) is 3.63. The van der Waals surface area contributed by atoms with Crippen LogP contribution in [0, 0.1) is 0 Å². The van der Waals surface area contributed by atoms with Gasteiger partial charge in [0.05, 0.1) is 0 Å². The van der Waals surface area contributed by atoms with Crippen LogP contribution in [-0.4, -0.2) is 28.6 Å². The molecule has 1 aliphatic rings. The molecule has 0 bridgehead atoms. The van der Waals surface area contributed by atoms with Crippen molar-refractivity contribution >= 4 is 9.84 Å². The van der Waals surface area contributed by atoms with Crippen LogP contribution >= 0.6 is 0 Å². The first-order valence-electron chi connectivity index (χ1n) is 7.15. The Morgan fingerprint density at radius 2 is 1.96 bits per heavy atom. The summed E-state index contributed by atoms with van der Waals surface area (Å²) in [4.78, 5) is 6.82. The second kappa shape index (κ2) is 6.11. The second-order valence-corrected chi connectivity index (χ2v) is 7.61. The Morgan fingerprint density at radius 3 is 2.58 bits per heavy atom. The van der Waals surface area contributed by atoms with Crippen molar-refractivity contribution < 1.29 is 26.0 Å². The number of halogens is 3. The van der Waals surface area contributed by atoms with Gasteiger partial charge in [-0.3, -0.25) is 0 Å². The SMILES string of the molecule is O=S(=O)(Cc1nccc(C(F)(F)F)n1)Cc1nnc(C2CCC2)o1. The Balaban J connectivity index is 1.70. The van der Waals surface area contributed by atoms with Crippen molar-refractivity contribution in [1.82, 2.24) is 20.2 Å². The smallest absolute Gasteiger partial charge is 0.424 e. The number of nitrogens with zero attached hydrogens (tertiary/aromatic N) is 4. The van der Waals surface area contributed by atoms with E-state index in [0.29, 0.717) is 12.0 Å². The summed E-state index contributed by atoms with van der Waals surface area (Å²) in [5, 5.41) is 7.50. The van der Waals surface area contributed by atoms with Crippen LogP contribution in [0.25, 0.3) is 0 Å². The largest absolute Gasteiger partial charge is 0.433 e. The van der Waals surface area contributed by atoms with Crippen LogP contribution in [0.1, 0.15) is 48.5 Å². The molecule has 0 radical (unpaired) electrons. The maximum atomic E-state index is 12.6. The van der Waals surface area contributed by atoms with Crippen molar-refractivity contribution in [1.29, 1.82) is 0 Å². The molecule has 2 heterocycles. The van der Waals surface area contributed by atoms with Crippen molar-refractivity contribution in [3.63, 3.8) is 0 Å². The number of sulfone groups is 1. The molecule has 0 amide bonds. The quantitative estimate of drug-likeness (QED) is 0.804. The molecule has 1 saturated carbocycles. The van der Waals surface area contributed by atoms with Crippen LogP contribution in [0.3, 0.4) is 0 Å². The molecule has 1 fully saturated rings. The van der Waals surface area contributed by atoms with Gasteiger partial charge in [-0.25, -0.2) is 18.4 Å². The van der Waals surface area contributed by atoms with Gasteiger partial charge in [0.25, 0.3) is 0 Å². The lowest BCUT2D eigenvalue weighted by molar-refractivity contribution is -0.141. The van der Waals surface area contributed by atoms with Gasteiger partial charge in [0.15, 0.2) is 9.84 Å². The Morgan fingerprint density at radius 1 is 1.21 bits per heavy atom. The van der Waals surface area contributed by atoms with E-state index in [0.717, 1.165) is 25.5 Å². The first kappa shape index (κ1) is 16.8. The molecule has 7 nitrogen and oxygen atoms in total. The van der Waals surface area contributed by atoms with E-state index in [4.69, 9.17) is 4.42 Å². The summed E-state index contributed by atoms with van der Waals surface area (Å²) in [6.07, 6.45) is -0.875. The van der Waals surface area contributed by atoms with Crippen LogP contribution in [0.5, 0.6) is 0 Å². The molecule has 130 valence electrons. The van der Waals surface area contributed by atoms with Gasteiger partial charge in [0.1, 0.15) is 23.0 Å². The van der Waals surface area contributed by atoms with Crippen molar-refractivity contribution in [2.75, 3.05) is 0 Å². The van der Waals surface area contributed by atoms with Crippen LogP contribution < -0.4 is 0 Å². The van der Waals surface area contributed by atoms with Crippen molar-refractivity contribution in [3.8, 4) is 0 Å². The zero-order chi connectivity index (χ0) is 17.4. The van der Waals surface area contributed by atoms with Crippen LogP contribution in [-0.2, 0) is 27.5 Å². The number of aromatic nitrogens is 4. The molecule has 0 saturated heterocycles. The molecule has 0 unspecified atom stereocenters. The highest BCUT2D eigenvalue weighted by Gasteiger charge is 2.33. The molecule has 3 rings (SSSR count). The summed E-state index contributed by atoms with van der Waals surface area (Å²) in [7, 11) is -3.84. The zero-order valence-electron chi connectivity index (χ0n) is 12.3.